The van der Waals surface area contributed by atoms with Crippen molar-refractivity contribution < 1.29 is 16.8 Å². The van der Waals surface area contributed by atoms with Crippen molar-refractivity contribution in [3.8, 4) is 34.8 Å². The molecular weight excluding hydrogens is 887 g/mol. The summed E-state index contributed by atoms with van der Waals surface area (Å²) in [5, 5.41) is 0. The molecule has 0 N–H and O–H groups in total. The van der Waals surface area contributed by atoms with Crippen molar-refractivity contribution in [3.63, 3.8) is 0 Å². The molecule has 0 spiro atoms. The number of rotatable bonds is 8. The molecule has 0 aromatic heterocycles. The van der Waals surface area contributed by atoms with Crippen molar-refractivity contribution >= 4 is 58.7 Å². The molecule has 69 heavy (non-hydrogen) atoms. The number of hydrogen-bond donors (Lipinski definition) is 0. The van der Waals surface area contributed by atoms with E-state index in [-0.39, 0.29) is 19.6 Å². The van der Waals surface area contributed by atoms with Crippen molar-refractivity contribution in [2.75, 3.05) is 4.90 Å². The van der Waals surface area contributed by atoms with Gasteiger partial charge in [0, 0.05) is 50.4 Å². The first kappa shape index (κ1) is 44.1. The number of fused-ring (bicyclic) bond motifs is 2. The molecular formula is C62H41NO4S2. The number of para-hydroxylation sites is 2. The topological polar surface area (TPSA) is 71.5 Å². The summed E-state index contributed by atoms with van der Waals surface area (Å²) >= 11 is 0. The maximum absolute atomic E-state index is 14.9. The first-order chi connectivity index (χ1) is 33.7. The maximum Gasteiger partial charge on any atom is 0.207 e. The van der Waals surface area contributed by atoms with Gasteiger partial charge in [-0.3, -0.25) is 0 Å². The molecule has 9 aromatic rings. The molecule has 0 saturated carbocycles. The molecule has 0 radical (unpaired) electrons. The van der Waals surface area contributed by atoms with Crippen LogP contribution in [0, 0.1) is 23.7 Å². The summed E-state index contributed by atoms with van der Waals surface area (Å²) < 4.78 is 59.5. The van der Waals surface area contributed by atoms with E-state index in [1.807, 2.05) is 103 Å². The second-order valence-electron chi connectivity index (χ2n) is 16.3. The van der Waals surface area contributed by atoms with Gasteiger partial charge in [-0.1, -0.05) is 151 Å². The Kier molecular flexibility index (Phi) is 12.3. The molecule has 10 rings (SSSR count). The SMILES string of the molecule is O=S(=O)(/C1=C/c2ccc(C#Cc3ccc(-c4ccccc4)cc3)cc2/C(S(=O)(=O)c2ccccc2)=C\c2ccc(C#Cc3ccc(N(c4ccccc4)c4ccccc4)cc3)cc21)c1ccccc1. The van der Waals surface area contributed by atoms with Crippen molar-refractivity contribution in [2.24, 2.45) is 0 Å². The summed E-state index contributed by atoms with van der Waals surface area (Å²) in [6, 6.07) is 73.3. The van der Waals surface area contributed by atoms with E-state index in [1.54, 1.807) is 109 Å². The largest absolute Gasteiger partial charge is 0.311 e. The minimum absolute atomic E-state index is 0.00428. The average molecular weight is 928 g/mol. The van der Waals surface area contributed by atoms with Crippen LogP contribution < -0.4 is 4.90 Å². The molecule has 0 heterocycles. The molecule has 9 aromatic carbocycles. The number of nitrogens with zero attached hydrogens (tertiary/aromatic N) is 1. The quantitative estimate of drug-likeness (QED) is 0.142. The number of benzene rings is 9. The van der Waals surface area contributed by atoms with Gasteiger partial charge in [-0.25, -0.2) is 16.8 Å². The van der Waals surface area contributed by atoms with Crippen LogP contribution in [0.15, 0.2) is 246 Å². The smallest absolute Gasteiger partial charge is 0.207 e. The predicted octanol–water partition coefficient (Wildman–Crippen LogP) is 13.9. The Balaban J connectivity index is 1.08. The van der Waals surface area contributed by atoms with Crippen LogP contribution in [0.5, 0.6) is 0 Å². The van der Waals surface area contributed by atoms with E-state index in [1.165, 1.54) is 0 Å². The zero-order valence-corrected chi connectivity index (χ0v) is 38.7. The second kappa shape index (κ2) is 19.2. The first-order valence-electron chi connectivity index (χ1n) is 22.2. The average Bonchev–Trinajstić information content (AvgIpc) is 3.40. The highest BCUT2D eigenvalue weighted by atomic mass is 32.2. The van der Waals surface area contributed by atoms with Gasteiger partial charge in [-0.05, 0) is 144 Å². The highest BCUT2D eigenvalue weighted by Crippen LogP contribution is 2.41. The van der Waals surface area contributed by atoms with Crippen molar-refractivity contribution in [2.45, 2.75) is 9.79 Å². The van der Waals surface area contributed by atoms with Gasteiger partial charge in [0.2, 0.25) is 19.7 Å². The molecule has 5 nitrogen and oxygen atoms in total. The number of sulfone groups is 2. The molecule has 0 aliphatic heterocycles. The zero-order valence-electron chi connectivity index (χ0n) is 37.1. The summed E-state index contributed by atoms with van der Waals surface area (Å²) in [6.45, 7) is 0. The Morgan fingerprint density at radius 2 is 0.623 bits per heavy atom. The van der Waals surface area contributed by atoms with Gasteiger partial charge >= 0.3 is 0 Å². The molecule has 1 aliphatic carbocycles. The lowest BCUT2D eigenvalue weighted by Gasteiger charge is -2.25. The fourth-order valence-electron chi connectivity index (χ4n) is 8.24. The molecule has 7 heteroatoms. The van der Waals surface area contributed by atoms with Gasteiger partial charge in [0.15, 0.2) is 0 Å². The van der Waals surface area contributed by atoms with E-state index in [4.69, 9.17) is 0 Å². The van der Waals surface area contributed by atoms with E-state index in [0.717, 1.165) is 39.3 Å². The van der Waals surface area contributed by atoms with Crippen LogP contribution in [-0.2, 0) is 19.7 Å². The van der Waals surface area contributed by atoms with Gasteiger partial charge in [-0.15, -0.1) is 0 Å². The Morgan fingerprint density at radius 3 is 1.04 bits per heavy atom. The standard InChI is InChI=1S/C62H41NO4S2/c64-68(65,57-22-12-4-13-23-57)61-45-53-39-33-49(29-27-47-34-40-56(41-35-47)63(54-18-8-2-9-19-54)55-20-10-3-11-21-55)43-60(53)62(69(66,67)58-24-14-5-15-25-58)44-52-38-32-48(42-59(52)61)28-26-46-30-36-51(37-31-46)50-16-6-1-7-17-50/h1-25,30-45H/b52-44?,53-45?,61-45+,61-59?,62-44+,62-60?. The van der Waals surface area contributed by atoms with Gasteiger partial charge < -0.3 is 4.90 Å². The fraction of sp³-hybridized carbons (Fsp3) is 0. The van der Waals surface area contributed by atoms with Crippen LogP contribution >= 0.6 is 0 Å². The van der Waals surface area contributed by atoms with Gasteiger partial charge in [-0.2, -0.15) is 0 Å². The lowest BCUT2D eigenvalue weighted by molar-refractivity contribution is 0.604. The lowest BCUT2D eigenvalue weighted by Crippen LogP contribution is -2.11. The Bertz CT molecular complexity index is 3720. The van der Waals surface area contributed by atoms with E-state index in [0.29, 0.717) is 33.4 Å². The van der Waals surface area contributed by atoms with E-state index >= 15 is 0 Å². The van der Waals surface area contributed by atoms with Crippen LogP contribution in [0.2, 0.25) is 0 Å². The van der Waals surface area contributed by atoms with Crippen LogP contribution in [-0.4, -0.2) is 16.8 Å². The normalized spacial score (nSPS) is 13.4. The van der Waals surface area contributed by atoms with Gasteiger partial charge in [0.25, 0.3) is 0 Å². The third kappa shape index (κ3) is 9.47. The molecule has 0 saturated heterocycles. The van der Waals surface area contributed by atoms with Crippen molar-refractivity contribution in [1.29, 1.82) is 0 Å². The zero-order chi connectivity index (χ0) is 47.2. The summed E-state index contributed by atoms with van der Waals surface area (Å²) in [4.78, 5) is 2.38. The van der Waals surface area contributed by atoms with Crippen molar-refractivity contribution in [1.82, 2.24) is 0 Å². The lowest BCUT2D eigenvalue weighted by atomic mass is 9.95. The molecule has 0 unspecified atom stereocenters. The van der Waals surface area contributed by atoms with E-state index in [2.05, 4.69) is 65.0 Å². The third-order valence-corrected chi connectivity index (χ3v) is 15.4. The summed E-state index contributed by atoms with van der Waals surface area (Å²) in [6.07, 6.45) is 3.15. The monoisotopic (exact) mass is 927 g/mol. The summed E-state index contributed by atoms with van der Waals surface area (Å²) in [5.74, 6) is 13.0. The Labute approximate surface area is 403 Å². The molecule has 0 atom stereocenters. The van der Waals surface area contributed by atoms with E-state index in [9.17, 15) is 16.8 Å². The van der Waals surface area contributed by atoms with Crippen LogP contribution in [0.1, 0.15) is 44.5 Å². The molecule has 1 aliphatic rings. The van der Waals surface area contributed by atoms with Gasteiger partial charge in [0.05, 0.1) is 19.6 Å². The maximum atomic E-state index is 14.9. The fourth-order valence-corrected chi connectivity index (χ4v) is 11.3. The highest BCUT2D eigenvalue weighted by molar-refractivity contribution is 8.01. The molecule has 0 bridgehead atoms. The second-order valence-corrected chi connectivity index (χ2v) is 20.1. The minimum atomic E-state index is -4.18. The molecule has 330 valence electrons. The van der Waals surface area contributed by atoms with Crippen molar-refractivity contribution in [3.05, 3.63) is 281 Å². The van der Waals surface area contributed by atoms with Gasteiger partial charge in [0.1, 0.15) is 0 Å². The number of hydrogen-bond acceptors (Lipinski definition) is 5. The Morgan fingerprint density at radius 1 is 0.304 bits per heavy atom. The third-order valence-electron chi connectivity index (χ3n) is 11.7. The van der Waals surface area contributed by atoms with Crippen LogP contribution in [0.3, 0.4) is 0 Å². The van der Waals surface area contributed by atoms with E-state index < -0.39 is 19.7 Å². The first-order valence-corrected chi connectivity index (χ1v) is 25.2. The highest BCUT2D eigenvalue weighted by Gasteiger charge is 2.31. The Hall–Kier alpha value is -8.72. The van der Waals surface area contributed by atoms with Crippen LogP contribution in [0.4, 0.5) is 17.1 Å². The minimum Gasteiger partial charge on any atom is -0.311 e. The summed E-state index contributed by atoms with van der Waals surface area (Å²) in [7, 11) is -8.36. The number of anilines is 3. The summed E-state index contributed by atoms with van der Waals surface area (Å²) in [5.41, 5.74) is 9.24. The van der Waals surface area contributed by atoms with Crippen LogP contribution in [0.25, 0.3) is 33.1 Å². The predicted molar refractivity (Wildman–Crippen MR) is 281 cm³/mol. The molecule has 0 amide bonds. The molecule has 0 fully saturated rings.